The maximum atomic E-state index is 13.8. The zero-order valence-corrected chi connectivity index (χ0v) is 21.1. The average molecular weight is 560 g/mol. The molecule has 0 fully saturated rings. The summed E-state index contributed by atoms with van der Waals surface area (Å²) in [7, 11) is 0. The molecule has 0 bridgehead atoms. The number of rotatable bonds is 3. The van der Waals surface area contributed by atoms with Crippen molar-refractivity contribution in [1.82, 2.24) is 4.57 Å². The van der Waals surface area contributed by atoms with Gasteiger partial charge in [0.2, 0.25) is 0 Å². The molecule has 3 aromatic carbocycles. The molecule has 0 unspecified atom stereocenters. The van der Waals surface area contributed by atoms with Gasteiger partial charge in [0.25, 0.3) is 11.2 Å². The molecule has 0 saturated carbocycles. The first-order valence-corrected chi connectivity index (χ1v) is 12.9. The molecular formula is C27H18BrN3O4S. The fourth-order valence-electron chi connectivity index (χ4n) is 4.91. The number of fused-ring (bicyclic) bond motifs is 3. The number of nitro benzene ring substituents is 1. The van der Waals surface area contributed by atoms with Crippen LogP contribution in [0.1, 0.15) is 34.7 Å². The number of benzene rings is 3. The summed E-state index contributed by atoms with van der Waals surface area (Å²) < 4.78 is 2.84. The predicted molar refractivity (Wildman–Crippen MR) is 142 cm³/mol. The summed E-state index contributed by atoms with van der Waals surface area (Å²) in [6.45, 7) is 0. The molecule has 178 valence electrons. The third-order valence-electron chi connectivity index (χ3n) is 6.55. The van der Waals surface area contributed by atoms with Gasteiger partial charge in [-0.3, -0.25) is 19.5 Å². The topological polar surface area (TPSA) is 97.7 Å². The van der Waals surface area contributed by atoms with Gasteiger partial charge >= 0.3 is 0 Å². The second-order valence-corrected chi connectivity index (χ2v) is 10.6. The standard InChI is InChI=1S/C27H18BrN3O4S/c28-18-9-11-22(32)17(12-18)14-23-26(33)30-25(16-5-3-6-19(13-16)31(34)35)21-10-8-15-4-1-2-7-20(15)24(21)29-27(30)36-23/h1-7,9,11-14,25,32H,8,10H2/b23-14-/t25-/m0/s1. The summed E-state index contributed by atoms with van der Waals surface area (Å²) in [6, 6.07) is 19.1. The van der Waals surface area contributed by atoms with E-state index in [4.69, 9.17) is 4.99 Å². The van der Waals surface area contributed by atoms with E-state index >= 15 is 0 Å². The monoisotopic (exact) mass is 559 g/mol. The summed E-state index contributed by atoms with van der Waals surface area (Å²) in [6.07, 6.45) is 3.15. The minimum Gasteiger partial charge on any atom is -0.507 e. The third-order valence-corrected chi connectivity index (χ3v) is 8.02. The Morgan fingerprint density at radius 1 is 1.11 bits per heavy atom. The second-order valence-electron chi connectivity index (χ2n) is 8.67. The number of aromatic nitrogens is 1. The number of allylic oxidation sites excluding steroid dienone is 1. The highest BCUT2D eigenvalue weighted by Gasteiger charge is 2.33. The number of halogens is 1. The Kier molecular flexibility index (Phi) is 5.46. The lowest BCUT2D eigenvalue weighted by molar-refractivity contribution is -0.384. The Balaban J connectivity index is 1.64. The van der Waals surface area contributed by atoms with Crippen LogP contribution in [0.25, 0.3) is 11.8 Å². The number of hydrogen-bond acceptors (Lipinski definition) is 6. The van der Waals surface area contributed by atoms with Crippen molar-refractivity contribution in [3.05, 3.63) is 129 Å². The van der Waals surface area contributed by atoms with Gasteiger partial charge in [-0.05, 0) is 53.8 Å². The van der Waals surface area contributed by atoms with Gasteiger partial charge in [-0.1, -0.05) is 63.7 Å². The largest absolute Gasteiger partial charge is 0.507 e. The number of aromatic hydroxyl groups is 1. The van der Waals surface area contributed by atoms with Crippen molar-refractivity contribution in [3.8, 4) is 5.75 Å². The molecule has 2 aliphatic rings. The van der Waals surface area contributed by atoms with Gasteiger partial charge in [-0.25, -0.2) is 4.99 Å². The molecule has 9 heteroatoms. The van der Waals surface area contributed by atoms with Crippen LogP contribution < -0.4 is 14.9 Å². The molecule has 1 atom stereocenters. The number of nitrogens with zero attached hydrogens (tertiary/aromatic N) is 3. The molecule has 0 saturated heterocycles. The maximum Gasteiger partial charge on any atom is 0.271 e. The van der Waals surface area contributed by atoms with Crippen molar-refractivity contribution in [2.45, 2.75) is 18.9 Å². The zero-order valence-electron chi connectivity index (χ0n) is 18.7. The highest BCUT2D eigenvalue weighted by molar-refractivity contribution is 9.10. The zero-order chi connectivity index (χ0) is 25.0. The maximum absolute atomic E-state index is 13.8. The third kappa shape index (κ3) is 3.71. The van der Waals surface area contributed by atoms with E-state index in [0.717, 1.165) is 27.7 Å². The van der Waals surface area contributed by atoms with Crippen LogP contribution in [-0.2, 0) is 6.42 Å². The Labute approximate surface area is 217 Å². The van der Waals surface area contributed by atoms with Gasteiger partial charge in [-0.2, -0.15) is 0 Å². The van der Waals surface area contributed by atoms with Crippen molar-refractivity contribution < 1.29 is 10.0 Å². The molecule has 7 nitrogen and oxygen atoms in total. The normalized spacial score (nSPS) is 16.7. The molecule has 1 aromatic heterocycles. The highest BCUT2D eigenvalue weighted by atomic mass is 79.9. The van der Waals surface area contributed by atoms with Crippen LogP contribution in [0.15, 0.2) is 86.6 Å². The summed E-state index contributed by atoms with van der Waals surface area (Å²) in [5, 5.41) is 21.9. The number of phenols is 1. The summed E-state index contributed by atoms with van der Waals surface area (Å²) in [5.41, 5.74) is 4.92. The van der Waals surface area contributed by atoms with E-state index in [1.54, 1.807) is 41.0 Å². The minimum atomic E-state index is -0.511. The number of nitro groups is 1. The van der Waals surface area contributed by atoms with E-state index in [1.807, 2.05) is 24.3 Å². The van der Waals surface area contributed by atoms with Gasteiger partial charge in [0.15, 0.2) is 4.80 Å². The highest BCUT2D eigenvalue weighted by Crippen LogP contribution is 2.41. The van der Waals surface area contributed by atoms with Crippen LogP contribution in [-0.4, -0.2) is 14.6 Å². The smallest absolute Gasteiger partial charge is 0.271 e. The number of non-ortho nitro benzene ring substituents is 1. The number of aryl methyl sites for hydroxylation is 1. The lowest BCUT2D eigenvalue weighted by Crippen LogP contribution is -2.38. The fourth-order valence-corrected chi connectivity index (χ4v) is 6.28. The predicted octanol–water partition coefficient (Wildman–Crippen LogP) is 4.70. The van der Waals surface area contributed by atoms with Crippen LogP contribution >= 0.6 is 27.3 Å². The quantitative estimate of drug-likeness (QED) is 0.290. The van der Waals surface area contributed by atoms with Crippen molar-refractivity contribution in [3.63, 3.8) is 0 Å². The first-order valence-electron chi connectivity index (χ1n) is 11.3. The van der Waals surface area contributed by atoms with Crippen molar-refractivity contribution in [2.75, 3.05) is 0 Å². The Morgan fingerprint density at radius 3 is 2.78 bits per heavy atom. The van der Waals surface area contributed by atoms with Gasteiger partial charge in [-0.15, -0.1) is 0 Å². The van der Waals surface area contributed by atoms with Crippen molar-refractivity contribution in [1.29, 1.82) is 0 Å². The number of thiazole rings is 1. The second kappa shape index (κ2) is 8.69. The lowest BCUT2D eigenvalue weighted by atomic mass is 9.83. The van der Waals surface area contributed by atoms with Crippen LogP contribution in [0, 0.1) is 10.1 Å². The fraction of sp³-hybridized carbons (Fsp3) is 0.111. The molecule has 1 aliphatic carbocycles. The SMILES string of the molecule is O=c1/c(=C/c2cc(Br)ccc2O)sc2n1[C@@H](c1cccc([N+](=O)[O-])c1)C1=C(N=2)c2ccccc2CC1. The molecule has 4 aromatic rings. The Hall–Kier alpha value is -3.82. The van der Waals surface area contributed by atoms with E-state index in [2.05, 4.69) is 22.0 Å². The van der Waals surface area contributed by atoms with Crippen LogP contribution in [0.5, 0.6) is 5.75 Å². The van der Waals surface area contributed by atoms with Crippen molar-refractivity contribution >= 4 is 44.7 Å². The molecule has 0 amide bonds. The first kappa shape index (κ1) is 22.6. The summed E-state index contributed by atoms with van der Waals surface area (Å²) in [5.74, 6) is 0.0625. The molecule has 0 radical (unpaired) electrons. The van der Waals surface area contributed by atoms with Crippen LogP contribution in [0.2, 0.25) is 0 Å². The number of phenolic OH excluding ortho intramolecular Hbond substituents is 1. The lowest BCUT2D eigenvalue weighted by Gasteiger charge is -2.30. The van der Waals surface area contributed by atoms with Crippen molar-refractivity contribution in [2.24, 2.45) is 4.99 Å². The Morgan fingerprint density at radius 2 is 1.94 bits per heavy atom. The molecule has 1 aliphatic heterocycles. The molecule has 1 N–H and O–H groups in total. The van der Waals surface area contributed by atoms with Gasteiger partial charge in [0.05, 0.1) is 21.2 Å². The number of hydrogen-bond donors (Lipinski definition) is 1. The van der Waals surface area contributed by atoms with E-state index in [9.17, 15) is 20.0 Å². The van der Waals surface area contributed by atoms with Gasteiger partial charge in [0, 0.05) is 27.7 Å². The summed E-state index contributed by atoms with van der Waals surface area (Å²) in [4.78, 5) is 30.3. The molecule has 0 spiro atoms. The molecule has 36 heavy (non-hydrogen) atoms. The summed E-state index contributed by atoms with van der Waals surface area (Å²) >= 11 is 4.65. The van der Waals surface area contributed by atoms with E-state index < -0.39 is 11.0 Å². The average Bonchev–Trinajstić information content (AvgIpc) is 3.19. The molecule has 6 rings (SSSR count). The van der Waals surface area contributed by atoms with E-state index in [0.29, 0.717) is 26.9 Å². The Bertz CT molecular complexity index is 1790. The van der Waals surface area contributed by atoms with E-state index in [1.165, 1.54) is 23.0 Å². The molecule has 2 heterocycles. The first-order chi connectivity index (χ1) is 17.4. The van der Waals surface area contributed by atoms with Gasteiger partial charge in [0.1, 0.15) is 5.75 Å². The van der Waals surface area contributed by atoms with Crippen LogP contribution in [0.3, 0.4) is 0 Å². The minimum absolute atomic E-state index is 0.0240. The van der Waals surface area contributed by atoms with E-state index in [-0.39, 0.29) is 17.0 Å². The molecular weight excluding hydrogens is 542 g/mol. The van der Waals surface area contributed by atoms with Crippen LogP contribution in [0.4, 0.5) is 5.69 Å². The van der Waals surface area contributed by atoms with Gasteiger partial charge < -0.3 is 5.11 Å².